The summed E-state index contributed by atoms with van der Waals surface area (Å²) in [7, 11) is 1.63. The Kier molecular flexibility index (Phi) is 6.20. The molecule has 7 nitrogen and oxygen atoms in total. The van der Waals surface area contributed by atoms with Gasteiger partial charge in [-0.05, 0) is 41.3 Å². The molecule has 1 aromatic heterocycles. The number of hydrogen-bond acceptors (Lipinski definition) is 7. The second-order valence-electron chi connectivity index (χ2n) is 6.54. The van der Waals surface area contributed by atoms with Gasteiger partial charge in [0, 0.05) is 11.4 Å². The van der Waals surface area contributed by atoms with E-state index in [1.807, 2.05) is 48.5 Å². The predicted molar refractivity (Wildman–Crippen MR) is 113 cm³/mol. The third-order valence-corrected chi connectivity index (χ3v) is 5.24. The number of rotatable bonds is 7. The van der Waals surface area contributed by atoms with Crippen LogP contribution in [0.2, 0.25) is 0 Å². The lowest BCUT2D eigenvalue weighted by Gasteiger charge is -2.10. The molecule has 0 saturated carbocycles. The molecule has 0 unspecified atom stereocenters. The van der Waals surface area contributed by atoms with Crippen molar-refractivity contribution < 1.29 is 4.74 Å². The molecule has 0 aliphatic carbocycles. The number of anilines is 2. The Morgan fingerprint density at radius 1 is 1.11 bits per heavy atom. The van der Waals surface area contributed by atoms with E-state index < -0.39 is 5.56 Å². The maximum atomic E-state index is 12.5. The lowest BCUT2D eigenvalue weighted by Crippen LogP contribution is -2.32. The minimum absolute atomic E-state index is 0.0913. The number of benzene rings is 2. The summed E-state index contributed by atoms with van der Waals surface area (Å²) in [5.74, 6) is 7.87. The molecule has 3 aromatic rings. The number of aromatic nitrogens is 3. The highest BCUT2D eigenvalue weighted by Crippen LogP contribution is 2.22. The summed E-state index contributed by atoms with van der Waals surface area (Å²) in [5.41, 5.74) is 2.61. The van der Waals surface area contributed by atoms with Crippen LogP contribution in [0.1, 0.15) is 30.9 Å². The zero-order chi connectivity index (χ0) is 20.1. The summed E-state index contributed by atoms with van der Waals surface area (Å²) in [6, 6.07) is 15.5. The van der Waals surface area contributed by atoms with Gasteiger partial charge in [-0.2, -0.15) is 4.68 Å². The second kappa shape index (κ2) is 8.79. The fraction of sp³-hybridized carbons (Fsp3) is 0.250. The topological polar surface area (TPSA) is 95.1 Å². The SMILES string of the molecule is COc1ccc(CSc2nnc(Nc3ccc(C(C)C)cc3)c(=O)n2N)cc1. The van der Waals surface area contributed by atoms with E-state index in [-0.39, 0.29) is 5.82 Å². The number of nitrogens with two attached hydrogens (primary N) is 1. The lowest BCUT2D eigenvalue weighted by atomic mass is 10.0. The predicted octanol–water partition coefficient (Wildman–Crippen LogP) is 3.52. The van der Waals surface area contributed by atoms with Crippen molar-refractivity contribution in [1.82, 2.24) is 14.9 Å². The molecule has 0 aliphatic rings. The highest BCUT2D eigenvalue weighted by Gasteiger charge is 2.11. The van der Waals surface area contributed by atoms with Crippen LogP contribution in [0.3, 0.4) is 0 Å². The van der Waals surface area contributed by atoms with Crippen LogP contribution in [0.25, 0.3) is 0 Å². The zero-order valence-corrected chi connectivity index (χ0v) is 16.9. The van der Waals surface area contributed by atoms with Crippen LogP contribution < -0.4 is 21.5 Å². The van der Waals surface area contributed by atoms with Gasteiger partial charge in [-0.3, -0.25) is 4.79 Å². The van der Waals surface area contributed by atoms with E-state index >= 15 is 0 Å². The third-order valence-electron chi connectivity index (χ3n) is 4.23. The monoisotopic (exact) mass is 397 g/mol. The number of ether oxygens (including phenoxy) is 1. The van der Waals surface area contributed by atoms with Crippen molar-refractivity contribution in [2.24, 2.45) is 0 Å². The molecule has 0 bridgehead atoms. The molecule has 0 saturated heterocycles. The molecule has 3 N–H and O–H groups in total. The lowest BCUT2D eigenvalue weighted by molar-refractivity contribution is 0.414. The van der Waals surface area contributed by atoms with Crippen LogP contribution in [-0.2, 0) is 5.75 Å². The van der Waals surface area contributed by atoms with E-state index in [1.165, 1.54) is 17.3 Å². The Labute approximate surface area is 167 Å². The van der Waals surface area contributed by atoms with Gasteiger partial charge in [0.2, 0.25) is 11.0 Å². The average molecular weight is 398 g/mol. The first-order valence-electron chi connectivity index (χ1n) is 8.85. The molecule has 0 aliphatic heterocycles. The summed E-state index contributed by atoms with van der Waals surface area (Å²) < 4.78 is 6.17. The third kappa shape index (κ3) is 4.64. The van der Waals surface area contributed by atoms with Crippen molar-refractivity contribution >= 4 is 23.3 Å². The summed E-state index contributed by atoms with van der Waals surface area (Å²) in [4.78, 5) is 12.5. The molecule has 3 rings (SSSR count). The Bertz CT molecular complexity index is 985. The number of thioether (sulfide) groups is 1. The summed E-state index contributed by atoms with van der Waals surface area (Å²) in [6.07, 6.45) is 0. The van der Waals surface area contributed by atoms with E-state index in [1.54, 1.807) is 7.11 Å². The van der Waals surface area contributed by atoms with Gasteiger partial charge in [0.25, 0.3) is 0 Å². The van der Waals surface area contributed by atoms with Crippen LogP contribution >= 0.6 is 11.8 Å². The van der Waals surface area contributed by atoms with Crippen molar-refractivity contribution in [2.45, 2.75) is 30.7 Å². The summed E-state index contributed by atoms with van der Waals surface area (Å²) in [5, 5.41) is 11.4. The van der Waals surface area contributed by atoms with Crippen molar-refractivity contribution in [1.29, 1.82) is 0 Å². The van der Waals surface area contributed by atoms with Crippen molar-refractivity contribution in [2.75, 3.05) is 18.3 Å². The van der Waals surface area contributed by atoms with Crippen molar-refractivity contribution in [3.8, 4) is 5.75 Å². The zero-order valence-electron chi connectivity index (χ0n) is 16.0. The van der Waals surface area contributed by atoms with E-state index in [4.69, 9.17) is 10.6 Å². The van der Waals surface area contributed by atoms with Gasteiger partial charge < -0.3 is 15.9 Å². The van der Waals surface area contributed by atoms with Gasteiger partial charge in [0.05, 0.1) is 7.11 Å². The normalized spacial score (nSPS) is 10.9. The first-order chi connectivity index (χ1) is 13.5. The largest absolute Gasteiger partial charge is 0.497 e. The summed E-state index contributed by atoms with van der Waals surface area (Å²) in [6.45, 7) is 4.26. The average Bonchev–Trinajstić information content (AvgIpc) is 2.71. The molecule has 2 aromatic carbocycles. The molecule has 1 heterocycles. The molecular formula is C20H23N5O2S. The van der Waals surface area contributed by atoms with Gasteiger partial charge in [-0.15, -0.1) is 10.2 Å². The number of hydrogen-bond donors (Lipinski definition) is 2. The molecule has 0 atom stereocenters. The van der Waals surface area contributed by atoms with Gasteiger partial charge in [0.1, 0.15) is 5.75 Å². The van der Waals surface area contributed by atoms with E-state index in [9.17, 15) is 4.79 Å². The number of nitrogens with zero attached hydrogens (tertiary/aromatic N) is 3. The molecule has 28 heavy (non-hydrogen) atoms. The van der Waals surface area contributed by atoms with Crippen LogP contribution in [0.4, 0.5) is 11.5 Å². The molecule has 0 fully saturated rings. The fourth-order valence-corrected chi connectivity index (χ4v) is 3.33. The molecule has 8 heteroatoms. The Balaban J connectivity index is 1.70. The quantitative estimate of drug-likeness (QED) is 0.465. The highest BCUT2D eigenvalue weighted by atomic mass is 32.2. The van der Waals surface area contributed by atoms with E-state index in [0.29, 0.717) is 16.8 Å². The second-order valence-corrected chi connectivity index (χ2v) is 7.49. The molecule has 0 radical (unpaired) electrons. The standard InChI is InChI=1S/C20H23N5O2S/c1-13(2)15-6-8-16(9-7-15)22-18-19(26)25(21)20(24-23-18)28-12-14-4-10-17(27-3)11-5-14/h4-11,13H,12,21H2,1-3H3,(H,22,23). The fourth-order valence-electron chi connectivity index (χ4n) is 2.52. The molecule has 0 spiro atoms. The van der Waals surface area contributed by atoms with Gasteiger partial charge in [-0.1, -0.05) is 49.9 Å². The number of nitrogen functional groups attached to an aromatic ring is 1. The Morgan fingerprint density at radius 2 is 1.79 bits per heavy atom. The van der Waals surface area contributed by atoms with Crippen molar-refractivity contribution in [3.05, 3.63) is 70.0 Å². The minimum atomic E-state index is -0.430. The minimum Gasteiger partial charge on any atom is -0.497 e. The van der Waals surface area contributed by atoms with Gasteiger partial charge in [0.15, 0.2) is 0 Å². The maximum absolute atomic E-state index is 12.5. The Morgan fingerprint density at radius 3 is 2.39 bits per heavy atom. The Hall–Kier alpha value is -3.00. The maximum Gasteiger partial charge on any atom is 0.315 e. The van der Waals surface area contributed by atoms with Crippen LogP contribution in [0.15, 0.2) is 58.5 Å². The first-order valence-corrected chi connectivity index (χ1v) is 9.84. The number of nitrogens with one attached hydrogen (secondary N) is 1. The van der Waals surface area contributed by atoms with E-state index in [2.05, 4.69) is 29.4 Å². The van der Waals surface area contributed by atoms with Gasteiger partial charge >= 0.3 is 5.56 Å². The van der Waals surface area contributed by atoms with E-state index in [0.717, 1.165) is 21.7 Å². The summed E-state index contributed by atoms with van der Waals surface area (Å²) >= 11 is 1.34. The van der Waals surface area contributed by atoms with Crippen LogP contribution in [-0.4, -0.2) is 22.0 Å². The smallest absolute Gasteiger partial charge is 0.315 e. The molecule has 0 amide bonds. The number of methoxy groups -OCH3 is 1. The highest BCUT2D eigenvalue weighted by molar-refractivity contribution is 7.98. The van der Waals surface area contributed by atoms with Crippen LogP contribution in [0, 0.1) is 0 Å². The first kappa shape index (κ1) is 19.8. The molecular weight excluding hydrogens is 374 g/mol. The van der Waals surface area contributed by atoms with Gasteiger partial charge in [-0.25, -0.2) is 0 Å². The van der Waals surface area contributed by atoms with Crippen molar-refractivity contribution in [3.63, 3.8) is 0 Å². The molecule has 146 valence electrons. The van der Waals surface area contributed by atoms with Crippen LogP contribution in [0.5, 0.6) is 5.75 Å².